The minimum absolute atomic E-state index is 0.287. The summed E-state index contributed by atoms with van der Waals surface area (Å²) in [7, 11) is 0. The van der Waals surface area contributed by atoms with Gasteiger partial charge in [-0.15, -0.1) is 0 Å². The molecule has 0 amide bonds. The van der Waals surface area contributed by atoms with Gasteiger partial charge in [0.05, 0.1) is 12.2 Å². The summed E-state index contributed by atoms with van der Waals surface area (Å²) in [6, 6.07) is 6.21. The maximum atomic E-state index is 11.4. The molecular formula is C12H12O4. The molecule has 0 spiro atoms. The molecule has 0 aromatic heterocycles. The van der Waals surface area contributed by atoms with Crippen molar-refractivity contribution in [1.82, 2.24) is 0 Å². The molecule has 0 atom stereocenters. The van der Waals surface area contributed by atoms with Crippen molar-refractivity contribution >= 4 is 11.9 Å². The molecule has 1 rings (SSSR count). The Morgan fingerprint density at radius 1 is 1.44 bits per heavy atom. The van der Waals surface area contributed by atoms with Crippen LogP contribution in [0.25, 0.3) is 0 Å². The smallest absolute Gasteiger partial charge is 0.338 e. The highest BCUT2D eigenvalue weighted by atomic mass is 16.5. The van der Waals surface area contributed by atoms with Crippen molar-refractivity contribution in [2.75, 3.05) is 6.61 Å². The van der Waals surface area contributed by atoms with E-state index >= 15 is 0 Å². The molecular weight excluding hydrogens is 208 g/mol. The lowest BCUT2D eigenvalue weighted by molar-refractivity contribution is -0.128. The van der Waals surface area contributed by atoms with Crippen LogP contribution in [0.4, 0.5) is 0 Å². The Morgan fingerprint density at radius 2 is 2.19 bits per heavy atom. The molecule has 0 bridgehead atoms. The SMILES string of the molecule is C=CC(=O)Oc1cccc(C(=O)OCC)c1. The van der Waals surface area contributed by atoms with Crippen molar-refractivity contribution < 1.29 is 19.1 Å². The van der Waals surface area contributed by atoms with Crippen molar-refractivity contribution in [3.8, 4) is 5.75 Å². The zero-order valence-corrected chi connectivity index (χ0v) is 8.93. The first kappa shape index (κ1) is 12.0. The first-order valence-electron chi connectivity index (χ1n) is 4.78. The zero-order valence-electron chi connectivity index (χ0n) is 8.93. The predicted molar refractivity (Wildman–Crippen MR) is 58.2 cm³/mol. The van der Waals surface area contributed by atoms with Gasteiger partial charge in [-0.05, 0) is 25.1 Å². The summed E-state index contributed by atoms with van der Waals surface area (Å²) >= 11 is 0. The van der Waals surface area contributed by atoms with Gasteiger partial charge in [-0.25, -0.2) is 9.59 Å². The highest BCUT2D eigenvalue weighted by Crippen LogP contribution is 2.14. The van der Waals surface area contributed by atoms with Gasteiger partial charge in [0.1, 0.15) is 5.75 Å². The minimum Gasteiger partial charge on any atom is -0.462 e. The maximum Gasteiger partial charge on any atom is 0.338 e. The van der Waals surface area contributed by atoms with Crippen LogP contribution in [0, 0.1) is 0 Å². The first-order chi connectivity index (χ1) is 7.67. The van der Waals surface area contributed by atoms with E-state index in [4.69, 9.17) is 9.47 Å². The number of hydrogen-bond acceptors (Lipinski definition) is 4. The number of benzene rings is 1. The fourth-order valence-corrected chi connectivity index (χ4v) is 1.06. The molecule has 0 saturated heterocycles. The van der Waals surface area contributed by atoms with Gasteiger partial charge in [-0.3, -0.25) is 0 Å². The third kappa shape index (κ3) is 3.24. The molecule has 0 aliphatic heterocycles. The van der Waals surface area contributed by atoms with E-state index in [9.17, 15) is 9.59 Å². The average molecular weight is 220 g/mol. The standard InChI is InChI=1S/C12H12O4/c1-3-11(13)16-10-7-5-6-9(8-10)12(14)15-4-2/h3,5-8H,1,4H2,2H3. The summed E-state index contributed by atoms with van der Waals surface area (Å²) < 4.78 is 9.68. The van der Waals surface area contributed by atoms with E-state index in [1.165, 1.54) is 6.07 Å². The van der Waals surface area contributed by atoms with Crippen molar-refractivity contribution in [2.45, 2.75) is 6.92 Å². The fourth-order valence-electron chi connectivity index (χ4n) is 1.06. The van der Waals surface area contributed by atoms with Crippen molar-refractivity contribution in [3.63, 3.8) is 0 Å². The Balaban J connectivity index is 2.82. The molecule has 84 valence electrons. The van der Waals surface area contributed by atoms with Crippen LogP contribution in [-0.2, 0) is 9.53 Å². The monoisotopic (exact) mass is 220 g/mol. The van der Waals surface area contributed by atoms with E-state index in [1.54, 1.807) is 25.1 Å². The lowest BCUT2D eigenvalue weighted by Crippen LogP contribution is -2.07. The molecule has 1 aromatic rings. The molecule has 0 N–H and O–H groups in total. The summed E-state index contributed by atoms with van der Waals surface area (Å²) in [4.78, 5) is 22.3. The third-order valence-corrected chi connectivity index (χ3v) is 1.73. The summed E-state index contributed by atoms with van der Waals surface area (Å²) in [6.07, 6.45) is 1.05. The predicted octanol–water partition coefficient (Wildman–Crippen LogP) is 1.95. The van der Waals surface area contributed by atoms with Crippen LogP contribution in [-0.4, -0.2) is 18.5 Å². The highest BCUT2D eigenvalue weighted by Gasteiger charge is 2.08. The second-order valence-electron chi connectivity index (χ2n) is 2.87. The van der Waals surface area contributed by atoms with Crippen LogP contribution in [0.2, 0.25) is 0 Å². The van der Waals surface area contributed by atoms with Crippen molar-refractivity contribution in [1.29, 1.82) is 0 Å². The Labute approximate surface area is 93.5 Å². The van der Waals surface area contributed by atoms with Gasteiger partial charge in [0, 0.05) is 6.08 Å². The number of carbonyl (C=O) groups excluding carboxylic acids is 2. The third-order valence-electron chi connectivity index (χ3n) is 1.73. The fraction of sp³-hybridized carbons (Fsp3) is 0.167. The molecule has 0 aliphatic carbocycles. The Bertz CT molecular complexity index is 409. The van der Waals surface area contributed by atoms with Gasteiger partial charge in [0.25, 0.3) is 0 Å². The van der Waals surface area contributed by atoms with Crippen LogP contribution in [0.15, 0.2) is 36.9 Å². The molecule has 4 heteroatoms. The molecule has 0 aliphatic rings. The largest absolute Gasteiger partial charge is 0.462 e. The number of esters is 2. The molecule has 16 heavy (non-hydrogen) atoms. The molecule has 0 unspecified atom stereocenters. The average Bonchev–Trinajstić information content (AvgIpc) is 2.29. The minimum atomic E-state index is -0.569. The van der Waals surface area contributed by atoms with Crippen LogP contribution in [0.5, 0.6) is 5.75 Å². The van der Waals surface area contributed by atoms with Crippen LogP contribution in [0.3, 0.4) is 0 Å². The first-order valence-corrected chi connectivity index (χ1v) is 4.78. The molecule has 1 aromatic carbocycles. The van der Waals surface area contributed by atoms with E-state index in [-0.39, 0.29) is 5.75 Å². The van der Waals surface area contributed by atoms with E-state index < -0.39 is 11.9 Å². The normalized spacial score (nSPS) is 9.31. The number of carbonyl (C=O) groups is 2. The molecule has 0 saturated carbocycles. The Hall–Kier alpha value is -2.10. The molecule has 0 radical (unpaired) electrons. The summed E-state index contributed by atoms with van der Waals surface area (Å²) in [5, 5.41) is 0. The summed E-state index contributed by atoms with van der Waals surface area (Å²) in [5.74, 6) is -0.726. The summed E-state index contributed by atoms with van der Waals surface area (Å²) in [6.45, 7) is 5.30. The van der Waals surface area contributed by atoms with Gasteiger partial charge in [-0.1, -0.05) is 12.6 Å². The summed E-state index contributed by atoms with van der Waals surface area (Å²) in [5.41, 5.74) is 0.344. The van der Waals surface area contributed by atoms with Crippen LogP contribution < -0.4 is 4.74 Å². The topological polar surface area (TPSA) is 52.6 Å². The number of hydrogen-bond donors (Lipinski definition) is 0. The van der Waals surface area contributed by atoms with E-state index in [0.717, 1.165) is 6.08 Å². The van der Waals surface area contributed by atoms with Gasteiger partial charge >= 0.3 is 11.9 Å². The quantitative estimate of drug-likeness (QED) is 0.442. The number of rotatable bonds is 4. The van der Waals surface area contributed by atoms with Crippen LogP contribution >= 0.6 is 0 Å². The second kappa shape index (κ2) is 5.70. The van der Waals surface area contributed by atoms with Crippen molar-refractivity contribution in [3.05, 3.63) is 42.5 Å². The lowest BCUT2D eigenvalue weighted by atomic mass is 10.2. The van der Waals surface area contributed by atoms with E-state index in [2.05, 4.69) is 6.58 Å². The maximum absolute atomic E-state index is 11.4. The molecule has 0 fully saturated rings. The lowest BCUT2D eigenvalue weighted by Gasteiger charge is -2.04. The van der Waals surface area contributed by atoms with E-state index in [0.29, 0.717) is 12.2 Å². The van der Waals surface area contributed by atoms with Gasteiger partial charge in [0.15, 0.2) is 0 Å². The Kier molecular flexibility index (Phi) is 4.27. The van der Waals surface area contributed by atoms with Gasteiger partial charge in [0.2, 0.25) is 0 Å². The Morgan fingerprint density at radius 3 is 2.81 bits per heavy atom. The van der Waals surface area contributed by atoms with E-state index in [1.807, 2.05) is 0 Å². The zero-order chi connectivity index (χ0) is 12.0. The number of ether oxygens (including phenoxy) is 2. The van der Waals surface area contributed by atoms with Gasteiger partial charge < -0.3 is 9.47 Å². The molecule has 0 heterocycles. The molecule has 4 nitrogen and oxygen atoms in total. The van der Waals surface area contributed by atoms with Gasteiger partial charge in [-0.2, -0.15) is 0 Å². The van der Waals surface area contributed by atoms with Crippen molar-refractivity contribution in [2.24, 2.45) is 0 Å². The second-order valence-corrected chi connectivity index (χ2v) is 2.87. The highest BCUT2D eigenvalue weighted by molar-refractivity contribution is 5.90. The van der Waals surface area contributed by atoms with Crippen LogP contribution in [0.1, 0.15) is 17.3 Å².